The predicted octanol–water partition coefficient (Wildman–Crippen LogP) is 1.61. The summed E-state index contributed by atoms with van der Waals surface area (Å²) in [5.74, 6) is 1.24. The molecule has 4 nitrogen and oxygen atoms in total. The number of anilines is 1. The fourth-order valence-corrected chi connectivity index (χ4v) is 2.96. The first-order valence-corrected chi connectivity index (χ1v) is 6.19. The molecule has 0 amide bonds. The zero-order valence-corrected chi connectivity index (χ0v) is 10.2. The Balaban J connectivity index is 2.21. The lowest BCUT2D eigenvalue weighted by atomic mass is 9.82. The molecule has 90 valence electrons. The fraction of sp³-hybridized carbons (Fsp3) is 0.750. The minimum Gasteiger partial charge on any atom is -0.365 e. The summed E-state index contributed by atoms with van der Waals surface area (Å²) in [6.07, 6.45) is 6.38. The molecule has 1 aliphatic heterocycles. The Morgan fingerprint density at radius 1 is 1.62 bits per heavy atom. The van der Waals surface area contributed by atoms with Crippen LogP contribution in [0.3, 0.4) is 0 Å². The van der Waals surface area contributed by atoms with Crippen LogP contribution in [0.4, 0.5) is 5.69 Å². The zero-order chi connectivity index (χ0) is 11.5. The Morgan fingerprint density at radius 2 is 2.44 bits per heavy atom. The first-order valence-electron chi connectivity index (χ1n) is 6.19. The zero-order valence-electron chi connectivity index (χ0n) is 10.2. The summed E-state index contributed by atoms with van der Waals surface area (Å²) in [6.45, 7) is 6.48. The molecule has 0 radical (unpaired) electrons. The van der Waals surface area contributed by atoms with Crippen molar-refractivity contribution in [2.75, 3.05) is 18.0 Å². The number of nitrogens with two attached hydrogens (primary N) is 1. The number of aromatic nitrogens is 2. The van der Waals surface area contributed by atoms with E-state index in [9.17, 15) is 0 Å². The second kappa shape index (κ2) is 4.87. The van der Waals surface area contributed by atoms with Crippen LogP contribution in [0.1, 0.15) is 26.7 Å². The van der Waals surface area contributed by atoms with Crippen LogP contribution in [0.15, 0.2) is 12.4 Å². The molecule has 0 aromatic carbocycles. The third-order valence-corrected chi connectivity index (χ3v) is 3.62. The molecule has 1 saturated heterocycles. The molecule has 2 atom stereocenters. The molecular weight excluding hydrogens is 200 g/mol. The quantitative estimate of drug-likeness (QED) is 0.817. The van der Waals surface area contributed by atoms with Crippen molar-refractivity contribution in [3.05, 3.63) is 12.4 Å². The fourth-order valence-electron chi connectivity index (χ4n) is 2.96. The lowest BCUT2D eigenvalue weighted by Gasteiger charge is -2.44. The molecule has 1 aromatic rings. The highest BCUT2D eigenvalue weighted by molar-refractivity contribution is 5.44. The summed E-state index contributed by atoms with van der Waals surface area (Å²) in [6, 6.07) is 0.552. The minimum absolute atomic E-state index is 0.552. The number of H-pyrrole nitrogens is 1. The second-order valence-electron chi connectivity index (χ2n) is 5.02. The van der Waals surface area contributed by atoms with Gasteiger partial charge >= 0.3 is 0 Å². The van der Waals surface area contributed by atoms with Crippen LogP contribution in [0, 0.1) is 11.8 Å². The molecule has 0 unspecified atom stereocenters. The van der Waals surface area contributed by atoms with Crippen molar-refractivity contribution >= 4 is 5.69 Å². The van der Waals surface area contributed by atoms with Crippen molar-refractivity contribution in [3.8, 4) is 0 Å². The molecule has 1 aromatic heterocycles. The molecular formula is C12H22N4. The normalized spacial score (nSPS) is 26.4. The molecule has 0 bridgehead atoms. The van der Waals surface area contributed by atoms with Gasteiger partial charge in [0.25, 0.3) is 0 Å². The van der Waals surface area contributed by atoms with Gasteiger partial charge in [0, 0.05) is 18.8 Å². The Morgan fingerprint density at radius 3 is 3.00 bits per heavy atom. The number of hydrogen-bond donors (Lipinski definition) is 2. The van der Waals surface area contributed by atoms with Crippen LogP contribution in [0.2, 0.25) is 0 Å². The lowest BCUT2D eigenvalue weighted by Crippen LogP contribution is -2.50. The van der Waals surface area contributed by atoms with Gasteiger partial charge in [-0.25, -0.2) is 0 Å². The van der Waals surface area contributed by atoms with Crippen LogP contribution in [0.5, 0.6) is 0 Å². The van der Waals surface area contributed by atoms with E-state index in [1.165, 1.54) is 18.5 Å². The van der Waals surface area contributed by atoms with Gasteiger partial charge in [-0.1, -0.05) is 13.8 Å². The average molecular weight is 222 g/mol. The van der Waals surface area contributed by atoms with E-state index in [0.29, 0.717) is 17.9 Å². The van der Waals surface area contributed by atoms with E-state index in [2.05, 4.69) is 28.9 Å². The molecule has 0 aliphatic carbocycles. The molecule has 16 heavy (non-hydrogen) atoms. The average Bonchev–Trinajstić information content (AvgIpc) is 2.81. The summed E-state index contributed by atoms with van der Waals surface area (Å²) in [7, 11) is 0. The van der Waals surface area contributed by atoms with Gasteiger partial charge in [0.15, 0.2) is 0 Å². The maximum atomic E-state index is 5.90. The van der Waals surface area contributed by atoms with Crippen LogP contribution in [-0.4, -0.2) is 29.3 Å². The van der Waals surface area contributed by atoms with Gasteiger partial charge in [-0.05, 0) is 31.2 Å². The van der Waals surface area contributed by atoms with Gasteiger partial charge in [0.05, 0.1) is 11.9 Å². The van der Waals surface area contributed by atoms with Gasteiger partial charge in [-0.2, -0.15) is 5.10 Å². The Bertz CT molecular complexity index is 307. The summed E-state index contributed by atoms with van der Waals surface area (Å²) in [5.41, 5.74) is 7.10. The van der Waals surface area contributed by atoms with Crippen molar-refractivity contribution in [2.24, 2.45) is 17.6 Å². The Hall–Kier alpha value is -1.03. The second-order valence-corrected chi connectivity index (χ2v) is 5.02. The van der Waals surface area contributed by atoms with Crippen molar-refractivity contribution in [1.29, 1.82) is 0 Å². The number of nitrogens with zero attached hydrogens (tertiary/aromatic N) is 2. The minimum atomic E-state index is 0.552. The third kappa shape index (κ3) is 2.07. The standard InChI is InChI=1S/C12H22N4/c1-9(2)12-10(6-13)4-3-5-16(12)11-7-14-15-8-11/h7-10,12H,3-6,13H2,1-2H3,(H,14,15)/t10-,12-/m1/s1. The summed E-state index contributed by atoms with van der Waals surface area (Å²) in [4.78, 5) is 2.47. The van der Waals surface area contributed by atoms with Gasteiger partial charge in [-0.15, -0.1) is 0 Å². The summed E-state index contributed by atoms with van der Waals surface area (Å²) < 4.78 is 0. The molecule has 1 fully saturated rings. The highest BCUT2D eigenvalue weighted by atomic mass is 15.2. The number of aromatic amines is 1. The van der Waals surface area contributed by atoms with E-state index >= 15 is 0 Å². The smallest absolute Gasteiger partial charge is 0.0752 e. The Labute approximate surface area is 97.2 Å². The highest BCUT2D eigenvalue weighted by Crippen LogP contribution is 2.31. The lowest BCUT2D eigenvalue weighted by molar-refractivity contribution is 0.271. The van der Waals surface area contributed by atoms with E-state index in [-0.39, 0.29) is 0 Å². The van der Waals surface area contributed by atoms with Gasteiger partial charge in [-0.3, -0.25) is 5.10 Å². The third-order valence-electron chi connectivity index (χ3n) is 3.62. The first-order chi connectivity index (χ1) is 7.74. The van der Waals surface area contributed by atoms with Gasteiger partial charge < -0.3 is 10.6 Å². The van der Waals surface area contributed by atoms with Crippen molar-refractivity contribution < 1.29 is 0 Å². The number of piperidine rings is 1. The van der Waals surface area contributed by atoms with Gasteiger partial charge in [0.1, 0.15) is 0 Å². The summed E-state index contributed by atoms with van der Waals surface area (Å²) >= 11 is 0. The van der Waals surface area contributed by atoms with E-state index in [1.54, 1.807) is 0 Å². The Kier molecular flexibility index (Phi) is 3.49. The highest BCUT2D eigenvalue weighted by Gasteiger charge is 2.33. The molecule has 0 saturated carbocycles. The van der Waals surface area contributed by atoms with Gasteiger partial charge in [0.2, 0.25) is 0 Å². The van der Waals surface area contributed by atoms with Crippen LogP contribution >= 0.6 is 0 Å². The topological polar surface area (TPSA) is 57.9 Å². The number of nitrogens with one attached hydrogen (secondary N) is 1. The monoisotopic (exact) mass is 222 g/mol. The number of hydrogen-bond acceptors (Lipinski definition) is 3. The van der Waals surface area contributed by atoms with Crippen molar-refractivity contribution in [2.45, 2.75) is 32.7 Å². The largest absolute Gasteiger partial charge is 0.365 e. The van der Waals surface area contributed by atoms with Crippen LogP contribution < -0.4 is 10.6 Å². The van der Waals surface area contributed by atoms with Crippen LogP contribution in [-0.2, 0) is 0 Å². The first kappa shape index (κ1) is 11.5. The maximum absolute atomic E-state index is 5.90. The van der Waals surface area contributed by atoms with Crippen molar-refractivity contribution in [1.82, 2.24) is 10.2 Å². The van der Waals surface area contributed by atoms with Crippen LogP contribution in [0.25, 0.3) is 0 Å². The molecule has 0 spiro atoms. The van der Waals surface area contributed by atoms with E-state index in [4.69, 9.17) is 5.73 Å². The maximum Gasteiger partial charge on any atom is 0.0752 e. The van der Waals surface area contributed by atoms with E-state index < -0.39 is 0 Å². The molecule has 2 heterocycles. The van der Waals surface area contributed by atoms with E-state index in [1.807, 2.05) is 12.4 Å². The van der Waals surface area contributed by atoms with E-state index in [0.717, 1.165) is 13.1 Å². The summed E-state index contributed by atoms with van der Waals surface area (Å²) in [5, 5.41) is 6.94. The molecule has 4 heteroatoms. The SMILES string of the molecule is CC(C)[C@@H]1[C@@H](CN)CCCN1c1cn[nH]c1. The predicted molar refractivity (Wildman–Crippen MR) is 66.3 cm³/mol. The molecule has 1 aliphatic rings. The van der Waals surface area contributed by atoms with Crippen molar-refractivity contribution in [3.63, 3.8) is 0 Å². The molecule has 2 rings (SSSR count). The number of rotatable bonds is 3. The molecule has 3 N–H and O–H groups in total.